The molecular formula is C8H15NO2. The van der Waals surface area contributed by atoms with Crippen LogP contribution < -0.4 is 5.32 Å². The molecular weight excluding hydrogens is 142 g/mol. The standard InChI is InChI=1S/C8H15NO2/c1-2-3-6-4-5-7(9-6)8(10)11/h6-7,9H,2-5H2,1H3,(H,10,11)/t6-,7+/m0/s1. The van der Waals surface area contributed by atoms with Gasteiger partial charge in [-0.15, -0.1) is 0 Å². The van der Waals surface area contributed by atoms with Gasteiger partial charge in [-0.25, -0.2) is 0 Å². The minimum atomic E-state index is -0.705. The molecule has 11 heavy (non-hydrogen) atoms. The number of carboxylic acid groups (broad SMARTS) is 1. The third-order valence-electron chi connectivity index (χ3n) is 2.18. The SMILES string of the molecule is CCC[C@H]1CC[C@H](C(=O)O)N1. The third kappa shape index (κ3) is 2.19. The summed E-state index contributed by atoms with van der Waals surface area (Å²) < 4.78 is 0. The van der Waals surface area contributed by atoms with Gasteiger partial charge in [0, 0.05) is 6.04 Å². The van der Waals surface area contributed by atoms with Crippen molar-refractivity contribution >= 4 is 5.97 Å². The van der Waals surface area contributed by atoms with E-state index in [-0.39, 0.29) is 6.04 Å². The quantitative estimate of drug-likeness (QED) is 0.642. The normalized spacial score (nSPS) is 30.6. The van der Waals surface area contributed by atoms with E-state index in [4.69, 9.17) is 5.11 Å². The van der Waals surface area contributed by atoms with Gasteiger partial charge < -0.3 is 10.4 Å². The average Bonchev–Trinajstić information content (AvgIpc) is 2.37. The highest BCUT2D eigenvalue weighted by Gasteiger charge is 2.27. The van der Waals surface area contributed by atoms with E-state index < -0.39 is 5.97 Å². The van der Waals surface area contributed by atoms with Crippen LogP contribution in [0.5, 0.6) is 0 Å². The monoisotopic (exact) mass is 157 g/mol. The minimum Gasteiger partial charge on any atom is -0.480 e. The van der Waals surface area contributed by atoms with Crippen molar-refractivity contribution in [1.29, 1.82) is 0 Å². The molecule has 64 valence electrons. The topological polar surface area (TPSA) is 49.3 Å². The van der Waals surface area contributed by atoms with Gasteiger partial charge in [0.25, 0.3) is 0 Å². The van der Waals surface area contributed by atoms with Crippen molar-refractivity contribution in [3.05, 3.63) is 0 Å². The average molecular weight is 157 g/mol. The predicted molar refractivity (Wildman–Crippen MR) is 42.5 cm³/mol. The molecule has 1 fully saturated rings. The van der Waals surface area contributed by atoms with Crippen LogP contribution in [0, 0.1) is 0 Å². The summed E-state index contributed by atoms with van der Waals surface area (Å²) in [4.78, 5) is 10.5. The van der Waals surface area contributed by atoms with Crippen LogP contribution in [0.15, 0.2) is 0 Å². The van der Waals surface area contributed by atoms with Crippen molar-refractivity contribution in [2.45, 2.75) is 44.7 Å². The Kier molecular flexibility index (Phi) is 2.88. The fraction of sp³-hybridized carbons (Fsp3) is 0.875. The zero-order valence-corrected chi connectivity index (χ0v) is 6.84. The van der Waals surface area contributed by atoms with Gasteiger partial charge in [-0.1, -0.05) is 13.3 Å². The van der Waals surface area contributed by atoms with Crippen molar-refractivity contribution in [2.75, 3.05) is 0 Å². The van der Waals surface area contributed by atoms with E-state index in [0.29, 0.717) is 6.04 Å². The Balaban J connectivity index is 2.29. The summed E-state index contributed by atoms with van der Waals surface area (Å²) in [7, 11) is 0. The van der Waals surface area contributed by atoms with E-state index in [2.05, 4.69) is 12.2 Å². The van der Waals surface area contributed by atoms with Gasteiger partial charge in [-0.2, -0.15) is 0 Å². The maximum atomic E-state index is 10.5. The van der Waals surface area contributed by atoms with E-state index in [1.165, 1.54) is 0 Å². The number of nitrogens with one attached hydrogen (secondary N) is 1. The summed E-state index contributed by atoms with van der Waals surface area (Å²) >= 11 is 0. The number of carbonyl (C=O) groups is 1. The van der Waals surface area contributed by atoms with Gasteiger partial charge >= 0.3 is 5.97 Å². The first kappa shape index (κ1) is 8.53. The molecule has 1 saturated heterocycles. The summed E-state index contributed by atoms with van der Waals surface area (Å²) in [5.41, 5.74) is 0. The number of aliphatic carboxylic acids is 1. The van der Waals surface area contributed by atoms with Gasteiger partial charge in [0.15, 0.2) is 0 Å². The highest BCUT2D eigenvalue weighted by atomic mass is 16.4. The zero-order chi connectivity index (χ0) is 8.27. The Labute approximate surface area is 66.8 Å². The Morgan fingerprint density at radius 3 is 2.82 bits per heavy atom. The lowest BCUT2D eigenvalue weighted by Crippen LogP contribution is -2.35. The molecule has 0 radical (unpaired) electrons. The van der Waals surface area contributed by atoms with Crippen molar-refractivity contribution in [2.24, 2.45) is 0 Å². The molecule has 0 amide bonds. The van der Waals surface area contributed by atoms with Crippen LogP contribution in [-0.2, 0) is 4.79 Å². The summed E-state index contributed by atoms with van der Waals surface area (Å²) in [6.45, 7) is 2.12. The lowest BCUT2D eigenvalue weighted by molar-refractivity contribution is -0.139. The van der Waals surface area contributed by atoms with Gasteiger partial charge in [0.1, 0.15) is 6.04 Å². The van der Waals surface area contributed by atoms with Crippen LogP contribution in [0.3, 0.4) is 0 Å². The Morgan fingerprint density at radius 1 is 1.64 bits per heavy atom. The van der Waals surface area contributed by atoms with E-state index in [1.807, 2.05) is 0 Å². The lowest BCUT2D eigenvalue weighted by atomic mass is 10.1. The molecule has 1 aliphatic heterocycles. The number of hydrogen-bond donors (Lipinski definition) is 2. The molecule has 2 atom stereocenters. The first-order valence-corrected chi connectivity index (χ1v) is 4.23. The maximum Gasteiger partial charge on any atom is 0.320 e. The van der Waals surface area contributed by atoms with Crippen LogP contribution in [0.2, 0.25) is 0 Å². The second-order valence-electron chi connectivity index (χ2n) is 3.12. The Bertz CT molecular complexity index is 147. The third-order valence-corrected chi connectivity index (χ3v) is 2.18. The molecule has 1 aliphatic rings. The molecule has 0 unspecified atom stereocenters. The van der Waals surface area contributed by atoms with Crippen LogP contribution in [0.4, 0.5) is 0 Å². The van der Waals surface area contributed by atoms with Gasteiger partial charge in [0.05, 0.1) is 0 Å². The first-order valence-electron chi connectivity index (χ1n) is 4.23. The van der Waals surface area contributed by atoms with Crippen molar-refractivity contribution in [3.63, 3.8) is 0 Å². The molecule has 0 aromatic carbocycles. The Morgan fingerprint density at radius 2 is 2.36 bits per heavy atom. The summed E-state index contributed by atoms with van der Waals surface area (Å²) in [5, 5.41) is 11.7. The molecule has 0 bridgehead atoms. The van der Waals surface area contributed by atoms with Crippen LogP contribution in [0.25, 0.3) is 0 Å². The second-order valence-corrected chi connectivity index (χ2v) is 3.12. The minimum absolute atomic E-state index is 0.286. The molecule has 0 aromatic heterocycles. The van der Waals surface area contributed by atoms with Crippen LogP contribution in [-0.4, -0.2) is 23.2 Å². The molecule has 1 heterocycles. The lowest BCUT2D eigenvalue weighted by Gasteiger charge is -2.09. The van der Waals surface area contributed by atoms with Gasteiger partial charge in [-0.05, 0) is 19.3 Å². The summed E-state index contributed by atoms with van der Waals surface area (Å²) in [5.74, 6) is -0.705. The van der Waals surface area contributed by atoms with Gasteiger partial charge in [0.2, 0.25) is 0 Å². The smallest absolute Gasteiger partial charge is 0.320 e. The van der Waals surface area contributed by atoms with E-state index >= 15 is 0 Å². The van der Waals surface area contributed by atoms with Crippen molar-refractivity contribution in [1.82, 2.24) is 5.32 Å². The molecule has 0 spiro atoms. The highest BCUT2D eigenvalue weighted by molar-refractivity contribution is 5.73. The highest BCUT2D eigenvalue weighted by Crippen LogP contribution is 2.15. The fourth-order valence-corrected chi connectivity index (χ4v) is 1.59. The number of rotatable bonds is 3. The molecule has 2 N–H and O–H groups in total. The first-order chi connectivity index (χ1) is 5.24. The van der Waals surface area contributed by atoms with E-state index in [0.717, 1.165) is 25.7 Å². The molecule has 0 aromatic rings. The zero-order valence-electron chi connectivity index (χ0n) is 6.84. The van der Waals surface area contributed by atoms with Crippen molar-refractivity contribution < 1.29 is 9.90 Å². The molecule has 0 aliphatic carbocycles. The van der Waals surface area contributed by atoms with E-state index in [1.54, 1.807) is 0 Å². The maximum absolute atomic E-state index is 10.5. The largest absolute Gasteiger partial charge is 0.480 e. The number of carboxylic acids is 1. The summed E-state index contributed by atoms with van der Waals surface area (Å²) in [6, 6.07) is 0.160. The predicted octanol–water partition coefficient (Wildman–Crippen LogP) is 0.992. The summed E-state index contributed by atoms with van der Waals surface area (Å²) in [6.07, 6.45) is 4.04. The number of hydrogen-bond acceptors (Lipinski definition) is 2. The Hall–Kier alpha value is -0.570. The molecule has 1 rings (SSSR count). The van der Waals surface area contributed by atoms with Crippen LogP contribution in [0.1, 0.15) is 32.6 Å². The second kappa shape index (κ2) is 3.72. The van der Waals surface area contributed by atoms with E-state index in [9.17, 15) is 4.79 Å². The van der Waals surface area contributed by atoms with Crippen molar-refractivity contribution in [3.8, 4) is 0 Å². The fourth-order valence-electron chi connectivity index (χ4n) is 1.59. The molecule has 3 nitrogen and oxygen atoms in total. The van der Waals surface area contributed by atoms with Crippen LogP contribution >= 0.6 is 0 Å². The molecule has 3 heteroatoms. The van der Waals surface area contributed by atoms with Gasteiger partial charge in [-0.3, -0.25) is 4.79 Å². The molecule has 0 saturated carbocycles.